The van der Waals surface area contributed by atoms with E-state index in [-0.39, 0.29) is 6.10 Å². The van der Waals surface area contributed by atoms with Crippen LogP contribution in [0, 0.1) is 46.8 Å². The van der Waals surface area contributed by atoms with Gasteiger partial charge in [0, 0.05) is 13.2 Å². The van der Waals surface area contributed by atoms with Gasteiger partial charge in [0.15, 0.2) is 0 Å². The van der Waals surface area contributed by atoms with E-state index in [9.17, 15) is 5.11 Å². The van der Waals surface area contributed by atoms with Gasteiger partial charge in [0.1, 0.15) is 0 Å². The summed E-state index contributed by atoms with van der Waals surface area (Å²) in [4.78, 5) is 0. The second-order valence-electron chi connectivity index (χ2n) is 10.2. The van der Waals surface area contributed by atoms with Gasteiger partial charge in [-0.25, -0.2) is 0 Å². The van der Waals surface area contributed by atoms with E-state index in [2.05, 4.69) is 13.8 Å². The number of ether oxygens (including phenoxy) is 1. The zero-order valence-electron chi connectivity index (χ0n) is 16.8. The minimum Gasteiger partial charge on any atom is -0.393 e. The first-order chi connectivity index (χ1) is 12.0. The van der Waals surface area contributed by atoms with Crippen molar-refractivity contribution in [2.75, 3.05) is 13.2 Å². The summed E-state index contributed by atoms with van der Waals surface area (Å²) in [6.07, 6.45) is 12.6. The molecule has 0 spiro atoms. The lowest BCUT2D eigenvalue weighted by Crippen LogP contribution is -2.49. The monoisotopic (exact) mass is 348 g/mol. The van der Waals surface area contributed by atoms with Crippen molar-refractivity contribution < 1.29 is 9.84 Å². The van der Waals surface area contributed by atoms with Gasteiger partial charge in [-0.1, -0.05) is 6.92 Å². The molecule has 0 heterocycles. The van der Waals surface area contributed by atoms with Gasteiger partial charge in [0.25, 0.3) is 0 Å². The first-order valence-electron chi connectivity index (χ1n) is 11.3. The predicted molar refractivity (Wildman–Crippen MR) is 102 cm³/mol. The molecule has 0 amide bonds. The number of hydrogen-bond acceptors (Lipinski definition) is 2. The maximum absolute atomic E-state index is 10.3. The highest BCUT2D eigenvalue weighted by Gasteiger charge is 2.57. The summed E-state index contributed by atoms with van der Waals surface area (Å²) in [5, 5.41) is 10.3. The van der Waals surface area contributed by atoms with Gasteiger partial charge in [0.05, 0.1) is 6.10 Å². The van der Waals surface area contributed by atoms with Crippen molar-refractivity contribution in [2.45, 2.75) is 84.7 Å². The molecule has 4 aliphatic rings. The van der Waals surface area contributed by atoms with Gasteiger partial charge in [0.2, 0.25) is 0 Å². The molecule has 4 aliphatic carbocycles. The summed E-state index contributed by atoms with van der Waals surface area (Å²) in [5.41, 5.74) is 0.425. The number of hydrogen-bond donors (Lipinski definition) is 1. The highest BCUT2D eigenvalue weighted by atomic mass is 16.5. The molecule has 1 N–H and O–H groups in total. The lowest BCUT2D eigenvalue weighted by Gasteiger charge is -2.56. The fraction of sp³-hybridized carbons (Fsp3) is 1.00. The van der Waals surface area contributed by atoms with Gasteiger partial charge in [-0.2, -0.15) is 0 Å². The largest absolute Gasteiger partial charge is 0.393 e. The molecule has 2 heteroatoms. The smallest absolute Gasteiger partial charge is 0.0545 e. The summed E-state index contributed by atoms with van der Waals surface area (Å²) in [7, 11) is 0. The van der Waals surface area contributed by atoms with E-state index in [1.165, 1.54) is 57.8 Å². The molecule has 2 nitrogen and oxygen atoms in total. The molecule has 144 valence electrons. The molecule has 25 heavy (non-hydrogen) atoms. The third kappa shape index (κ3) is 3.10. The topological polar surface area (TPSA) is 29.5 Å². The molecule has 0 saturated heterocycles. The van der Waals surface area contributed by atoms with Crippen molar-refractivity contribution in [2.24, 2.45) is 46.8 Å². The van der Waals surface area contributed by atoms with Crippen LogP contribution in [-0.4, -0.2) is 24.4 Å². The quantitative estimate of drug-likeness (QED) is 0.748. The molecule has 9 atom stereocenters. The lowest BCUT2D eigenvalue weighted by atomic mass is 9.49. The Labute approximate surface area is 155 Å². The lowest BCUT2D eigenvalue weighted by molar-refractivity contribution is -0.0852. The van der Waals surface area contributed by atoms with Gasteiger partial charge in [-0.05, 0) is 118 Å². The number of aliphatic hydroxyl groups is 1. The van der Waals surface area contributed by atoms with E-state index in [1.54, 1.807) is 0 Å². The maximum Gasteiger partial charge on any atom is 0.0545 e. The molecule has 0 bridgehead atoms. The second-order valence-corrected chi connectivity index (χ2v) is 10.2. The van der Waals surface area contributed by atoms with Crippen LogP contribution in [0.15, 0.2) is 0 Å². The minimum absolute atomic E-state index is 0.114. The molecule has 4 fully saturated rings. The summed E-state index contributed by atoms with van der Waals surface area (Å²) >= 11 is 0. The zero-order chi connectivity index (χ0) is 17.6. The predicted octanol–water partition coefficient (Wildman–Crippen LogP) is 5.29. The van der Waals surface area contributed by atoms with Gasteiger partial charge in [-0.15, -0.1) is 0 Å². The Morgan fingerprint density at radius 3 is 2.56 bits per heavy atom. The molecule has 4 saturated carbocycles. The van der Waals surface area contributed by atoms with Crippen LogP contribution in [0.5, 0.6) is 0 Å². The van der Waals surface area contributed by atoms with Crippen molar-refractivity contribution in [3.8, 4) is 0 Å². The van der Waals surface area contributed by atoms with Crippen molar-refractivity contribution in [1.29, 1.82) is 0 Å². The van der Waals surface area contributed by atoms with Crippen LogP contribution < -0.4 is 0 Å². The summed E-state index contributed by atoms with van der Waals surface area (Å²) in [5.74, 6) is 6.24. The molecule has 0 aliphatic heterocycles. The molecule has 9 unspecified atom stereocenters. The van der Waals surface area contributed by atoms with E-state index in [1.807, 2.05) is 6.92 Å². The van der Waals surface area contributed by atoms with E-state index in [0.717, 1.165) is 48.7 Å². The van der Waals surface area contributed by atoms with E-state index >= 15 is 0 Å². The molecule has 0 aromatic heterocycles. The van der Waals surface area contributed by atoms with Crippen LogP contribution in [0.3, 0.4) is 0 Å². The van der Waals surface area contributed by atoms with Gasteiger partial charge in [-0.3, -0.25) is 0 Å². The molecule has 0 aromatic rings. The Balaban J connectivity index is 1.44. The van der Waals surface area contributed by atoms with Gasteiger partial charge < -0.3 is 9.84 Å². The number of fused-ring (bicyclic) bond motifs is 5. The van der Waals surface area contributed by atoms with Crippen molar-refractivity contribution in [3.63, 3.8) is 0 Å². The standard InChI is InChI=1S/C23H40O2/c1-4-25-14-16-5-7-18-17(13-16)6-8-20-19(18)11-12-23(3)21(15(2)24)9-10-22(20)23/h15-22,24H,4-14H2,1-3H3. The Bertz CT molecular complexity index is 461. The van der Waals surface area contributed by atoms with E-state index in [0.29, 0.717) is 11.3 Å². The first kappa shape index (κ1) is 18.3. The third-order valence-electron chi connectivity index (χ3n) is 9.28. The van der Waals surface area contributed by atoms with Crippen LogP contribution in [0.4, 0.5) is 0 Å². The number of rotatable bonds is 4. The Morgan fingerprint density at radius 2 is 1.80 bits per heavy atom. The second kappa shape index (κ2) is 7.15. The molecule has 4 rings (SSSR count). The first-order valence-corrected chi connectivity index (χ1v) is 11.3. The molecule has 0 aromatic carbocycles. The van der Waals surface area contributed by atoms with Crippen LogP contribution in [0.1, 0.15) is 78.6 Å². The fourth-order valence-electron chi connectivity index (χ4n) is 8.22. The van der Waals surface area contributed by atoms with Crippen molar-refractivity contribution in [1.82, 2.24) is 0 Å². The molecular weight excluding hydrogens is 308 g/mol. The number of aliphatic hydroxyl groups excluding tert-OH is 1. The highest BCUT2D eigenvalue weighted by molar-refractivity contribution is 5.06. The Hall–Kier alpha value is -0.0800. The van der Waals surface area contributed by atoms with Crippen LogP contribution in [0.25, 0.3) is 0 Å². The summed E-state index contributed by atoms with van der Waals surface area (Å²) in [6.45, 7) is 8.58. The highest BCUT2D eigenvalue weighted by Crippen LogP contribution is 2.64. The average Bonchev–Trinajstić information content (AvgIpc) is 2.97. The van der Waals surface area contributed by atoms with Crippen LogP contribution in [-0.2, 0) is 4.74 Å². The third-order valence-corrected chi connectivity index (χ3v) is 9.28. The fourth-order valence-corrected chi connectivity index (χ4v) is 8.22. The average molecular weight is 349 g/mol. The summed E-state index contributed by atoms with van der Waals surface area (Å²) < 4.78 is 5.74. The SMILES string of the molecule is CCOCC1CCC2C(CCC3C2CCC2(C)C(C(C)O)CCC32)C1. The summed E-state index contributed by atoms with van der Waals surface area (Å²) in [6, 6.07) is 0. The zero-order valence-corrected chi connectivity index (χ0v) is 16.8. The van der Waals surface area contributed by atoms with E-state index < -0.39 is 0 Å². The normalized spacial score (nSPS) is 50.6. The van der Waals surface area contributed by atoms with Crippen LogP contribution in [0.2, 0.25) is 0 Å². The van der Waals surface area contributed by atoms with Gasteiger partial charge >= 0.3 is 0 Å². The van der Waals surface area contributed by atoms with E-state index in [4.69, 9.17) is 4.74 Å². The Kier molecular flexibility index (Phi) is 5.23. The Morgan fingerprint density at radius 1 is 1.00 bits per heavy atom. The van der Waals surface area contributed by atoms with Crippen molar-refractivity contribution in [3.05, 3.63) is 0 Å². The maximum atomic E-state index is 10.3. The molecular formula is C23H40O2. The minimum atomic E-state index is -0.114. The van der Waals surface area contributed by atoms with Crippen molar-refractivity contribution >= 4 is 0 Å². The molecule has 0 radical (unpaired) electrons. The van der Waals surface area contributed by atoms with Crippen LogP contribution >= 0.6 is 0 Å².